The summed E-state index contributed by atoms with van der Waals surface area (Å²) in [5.41, 5.74) is 6.95. The van der Waals surface area contributed by atoms with Gasteiger partial charge in [0.1, 0.15) is 0 Å². The highest BCUT2D eigenvalue weighted by molar-refractivity contribution is 6.39. The number of nitrogens with two attached hydrogens (primary N) is 1. The number of nitrogens with one attached hydrogen (secondary N) is 1. The van der Waals surface area contributed by atoms with Crippen LogP contribution in [0.15, 0.2) is 12.1 Å². The van der Waals surface area contributed by atoms with E-state index in [1.54, 1.807) is 12.1 Å². The van der Waals surface area contributed by atoms with E-state index in [0.29, 0.717) is 15.7 Å². The minimum Gasteiger partial charge on any atom is -0.399 e. The average Bonchev–Trinajstić information content (AvgIpc) is 2.29. The van der Waals surface area contributed by atoms with Gasteiger partial charge in [-0.1, -0.05) is 23.2 Å². The number of anilines is 2. The molecule has 1 unspecified atom stereocenters. The Morgan fingerprint density at radius 1 is 1.29 bits per heavy atom. The average molecular weight is 275 g/mol. The van der Waals surface area contributed by atoms with Crippen LogP contribution >= 0.6 is 23.2 Å². The van der Waals surface area contributed by atoms with Gasteiger partial charge in [-0.3, -0.25) is 0 Å². The maximum atomic E-state index is 6.08. The molecule has 1 atom stereocenters. The van der Waals surface area contributed by atoms with Crippen LogP contribution in [0.25, 0.3) is 0 Å². The second-order valence-electron chi connectivity index (χ2n) is 4.23. The van der Waals surface area contributed by atoms with Crippen molar-refractivity contribution in [1.29, 1.82) is 0 Å². The van der Waals surface area contributed by atoms with Gasteiger partial charge in [-0.25, -0.2) is 0 Å². The Kier molecular flexibility index (Phi) is 4.37. The van der Waals surface area contributed by atoms with E-state index in [0.717, 1.165) is 31.7 Å². The van der Waals surface area contributed by atoms with Gasteiger partial charge in [0.2, 0.25) is 0 Å². The topological polar surface area (TPSA) is 47.3 Å². The lowest BCUT2D eigenvalue weighted by Crippen LogP contribution is -2.27. The van der Waals surface area contributed by atoms with Crippen molar-refractivity contribution in [2.45, 2.75) is 25.4 Å². The van der Waals surface area contributed by atoms with Gasteiger partial charge in [0.15, 0.2) is 0 Å². The first kappa shape index (κ1) is 12.8. The van der Waals surface area contributed by atoms with Gasteiger partial charge >= 0.3 is 0 Å². The van der Waals surface area contributed by atoms with Crippen molar-refractivity contribution in [3.8, 4) is 0 Å². The number of rotatable bonds is 3. The van der Waals surface area contributed by atoms with Crippen molar-refractivity contribution in [2.24, 2.45) is 0 Å². The number of hydrogen-bond acceptors (Lipinski definition) is 3. The van der Waals surface area contributed by atoms with Crippen molar-refractivity contribution in [2.75, 3.05) is 24.2 Å². The summed E-state index contributed by atoms with van der Waals surface area (Å²) in [6.07, 6.45) is 3.69. The molecule has 5 heteroatoms. The van der Waals surface area contributed by atoms with E-state index in [2.05, 4.69) is 5.32 Å². The molecular weight excluding hydrogens is 259 g/mol. The van der Waals surface area contributed by atoms with Crippen molar-refractivity contribution in [3.05, 3.63) is 22.2 Å². The summed E-state index contributed by atoms with van der Waals surface area (Å²) in [5, 5.41) is 4.33. The standard InChI is InChI=1S/C12H16Cl2N2O/c13-10-5-8(15)6-11(14)12(10)16-7-9-3-1-2-4-17-9/h5-6,9,16H,1-4,7,15H2. The second kappa shape index (κ2) is 5.80. The molecule has 17 heavy (non-hydrogen) atoms. The molecule has 0 amide bonds. The molecule has 1 saturated heterocycles. The first-order valence-electron chi connectivity index (χ1n) is 5.77. The Bertz CT molecular complexity index is 369. The molecule has 3 nitrogen and oxygen atoms in total. The Morgan fingerprint density at radius 3 is 2.59 bits per heavy atom. The lowest BCUT2D eigenvalue weighted by molar-refractivity contribution is 0.0247. The fourth-order valence-electron chi connectivity index (χ4n) is 1.95. The van der Waals surface area contributed by atoms with Crippen LogP contribution in [0.4, 0.5) is 11.4 Å². The molecule has 0 aromatic heterocycles. The molecule has 2 rings (SSSR count). The van der Waals surface area contributed by atoms with Gasteiger partial charge in [-0.2, -0.15) is 0 Å². The van der Waals surface area contributed by atoms with Crippen LogP contribution < -0.4 is 11.1 Å². The molecule has 0 bridgehead atoms. The molecule has 1 fully saturated rings. The van der Waals surface area contributed by atoms with E-state index >= 15 is 0 Å². The predicted molar refractivity (Wildman–Crippen MR) is 73.0 cm³/mol. The van der Waals surface area contributed by atoms with Crippen LogP contribution in [0.5, 0.6) is 0 Å². The van der Waals surface area contributed by atoms with Gasteiger partial charge in [-0.15, -0.1) is 0 Å². The maximum absolute atomic E-state index is 6.08. The van der Waals surface area contributed by atoms with E-state index in [4.69, 9.17) is 33.7 Å². The third-order valence-electron chi connectivity index (χ3n) is 2.84. The lowest BCUT2D eigenvalue weighted by atomic mass is 10.1. The van der Waals surface area contributed by atoms with Crippen LogP contribution in [-0.4, -0.2) is 19.3 Å². The normalized spacial score (nSPS) is 20.2. The first-order valence-corrected chi connectivity index (χ1v) is 6.52. The van der Waals surface area contributed by atoms with E-state index in [9.17, 15) is 0 Å². The van der Waals surface area contributed by atoms with E-state index in [1.165, 1.54) is 6.42 Å². The minimum atomic E-state index is 0.244. The van der Waals surface area contributed by atoms with Crippen LogP contribution in [0.1, 0.15) is 19.3 Å². The fraction of sp³-hybridized carbons (Fsp3) is 0.500. The van der Waals surface area contributed by atoms with Crippen molar-refractivity contribution >= 4 is 34.6 Å². The smallest absolute Gasteiger partial charge is 0.0747 e. The van der Waals surface area contributed by atoms with Gasteiger partial charge < -0.3 is 15.8 Å². The monoisotopic (exact) mass is 274 g/mol. The zero-order valence-corrected chi connectivity index (χ0v) is 11.0. The molecule has 0 radical (unpaired) electrons. The maximum Gasteiger partial charge on any atom is 0.0747 e. The summed E-state index contributed by atoms with van der Waals surface area (Å²) < 4.78 is 5.63. The lowest BCUT2D eigenvalue weighted by Gasteiger charge is -2.23. The molecule has 94 valence electrons. The van der Waals surface area contributed by atoms with E-state index in [-0.39, 0.29) is 6.10 Å². The number of ether oxygens (including phenoxy) is 1. The largest absolute Gasteiger partial charge is 0.399 e. The Balaban J connectivity index is 1.98. The second-order valence-corrected chi connectivity index (χ2v) is 5.04. The number of nitrogen functional groups attached to an aromatic ring is 1. The number of hydrogen-bond donors (Lipinski definition) is 2. The molecular formula is C12H16Cl2N2O. The van der Waals surface area contributed by atoms with Crippen LogP contribution in [0, 0.1) is 0 Å². The molecule has 1 aliphatic rings. The fourth-order valence-corrected chi connectivity index (χ4v) is 2.58. The molecule has 1 aromatic carbocycles. The third kappa shape index (κ3) is 3.41. The summed E-state index contributed by atoms with van der Waals surface area (Å²) >= 11 is 12.2. The summed E-state index contributed by atoms with van der Waals surface area (Å²) in [5.74, 6) is 0. The number of benzene rings is 1. The van der Waals surface area contributed by atoms with E-state index in [1.807, 2.05) is 0 Å². The third-order valence-corrected chi connectivity index (χ3v) is 3.44. The minimum absolute atomic E-state index is 0.244. The molecule has 0 spiro atoms. The van der Waals surface area contributed by atoms with Gasteiger partial charge in [0.05, 0.1) is 21.8 Å². The molecule has 1 heterocycles. The van der Waals surface area contributed by atoms with Crippen molar-refractivity contribution < 1.29 is 4.74 Å². The summed E-state index contributed by atoms with van der Waals surface area (Å²) in [6, 6.07) is 3.38. The van der Waals surface area contributed by atoms with Crippen molar-refractivity contribution in [1.82, 2.24) is 0 Å². The molecule has 1 aromatic rings. The first-order chi connectivity index (χ1) is 8.16. The Hall–Kier alpha value is -0.640. The summed E-state index contributed by atoms with van der Waals surface area (Å²) in [4.78, 5) is 0. The van der Waals surface area contributed by atoms with Crippen LogP contribution in [-0.2, 0) is 4.74 Å². The Labute approximate surface area is 111 Å². The highest BCUT2D eigenvalue weighted by Crippen LogP contribution is 2.33. The zero-order valence-electron chi connectivity index (χ0n) is 9.51. The molecule has 0 saturated carbocycles. The number of halogens is 2. The quantitative estimate of drug-likeness (QED) is 0.829. The van der Waals surface area contributed by atoms with Crippen LogP contribution in [0.3, 0.4) is 0 Å². The Morgan fingerprint density at radius 2 is 2.00 bits per heavy atom. The predicted octanol–water partition coefficient (Wildman–Crippen LogP) is 3.56. The van der Waals surface area contributed by atoms with Gasteiger partial charge in [-0.05, 0) is 31.4 Å². The SMILES string of the molecule is Nc1cc(Cl)c(NCC2CCCCO2)c(Cl)c1. The molecule has 1 aliphatic heterocycles. The summed E-state index contributed by atoms with van der Waals surface area (Å²) in [7, 11) is 0. The molecule has 0 aliphatic carbocycles. The summed E-state index contributed by atoms with van der Waals surface area (Å²) in [6.45, 7) is 1.57. The molecule has 3 N–H and O–H groups in total. The van der Waals surface area contributed by atoms with Gasteiger partial charge in [0.25, 0.3) is 0 Å². The van der Waals surface area contributed by atoms with Crippen molar-refractivity contribution in [3.63, 3.8) is 0 Å². The highest BCUT2D eigenvalue weighted by Gasteiger charge is 2.15. The van der Waals surface area contributed by atoms with Crippen LogP contribution in [0.2, 0.25) is 10.0 Å². The highest BCUT2D eigenvalue weighted by atomic mass is 35.5. The zero-order chi connectivity index (χ0) is 12.3. The van der Waals surface area contributed by atoms with Gasteiger partial charge in [0, 0.05) is 18.8 Å². The van der Waals surface area contributed by atoms with E-state index < -0.39 is 0 Å².